The molecule has 1 aromatic carbocycles. The van der Waals surface area contributed by atoms with Crippen LogP contribution in [0.5, 0.6) is 0 Å². The Morgan fingerprint density at radius 2 is 2.05 bits per heavy atom. The lowest BCUT2D eigenvalue weighted by Gasteiger charge is -2.28. The predicted octanol–water partition coefficient (Wildman–Crippen LogP) is 4.10. The molecule has 110 valence electrons. The fourth-order valence-electron chi connectivity index (χ4n) is 3.97. The van der Waals surface area contributed by atoms with E-state index in [4.69, 9.17) is 0 Å². The van der Waals surface area contributed by atoms with Crippen molar-refractivity contribution < 1.29 is 0 Å². The average molecular weight is 272 g/mol. The van der Waals surface area contributed by atoms with Crippen LogP contribution in [0.4, 0.5) is 5.69 Å². The van der Waals surface area contributed by atoms with Gasteiger partial charge < -0.3 is 10.6 Å². The maximum Gasteiger partial charge on any atom is 0.0418 e. The van der Waals surface area contributed by atoms with E-state index in [1.54, 1.807) is 0 Å². The minimum absolute atomic E-state index is 0.586. The molecule has 0 atom stereocenters. The zero-order valence-corrected chi connectivity index (χ0v) is 12.8. The topological polar surface area (TPSA) is 24.1 Å². The summed E-state index contributed by atoms with van der Waals surface area (Å²) in [6.07, 6.45) is 9.52. The first-order valence-corrected chi connectivity index (χ1v) is 8.38. The number of benzene rings is 1. The third-order valence-electron chi connectivity index (χ3n) is 5.39. The monoisotopic (exact) mass is 272 g/mol. The Labute approximate surface area is 123 Å². The van der Waals surface area contributed by atoms with E-state index in [0.29, 0.717) is 5.41 Å². The van der Waals surface area contributed by atoms with Crippen LogP contribution in [-0.4, -0.2) is 13.1 Å². The van der Waals surface area contributed by atoms with E-state index in [-0.39, 0.29) is 0 Å². The highest BCUT2D eigenvalue weighted by atomic mass is 14.9. The van der Waals surface area contributed by atoms with Crippen molar-refractivity contribution >= 4 is 5.69 Å². The van der Waals surface area contributed by atoms with Gasteiger partial charge in [-0.25, -0.2) is 0 Å². The van der Waals surface area contributed by atoms with Gasteiger partial charge in [0.2, 0.25) is 0 Å². The first-order valence-electron chi connectivity index (χ1n) is 8.38. The number of anilines is 1. The molecule has 0 bridgehead atoms. The van der Waals surface area contributed by atoms with E-state index in [9.17, 15) is 0 Å². The van der Waals surface area contributed by atoms with Crippen LogP contribution in [0.15, 0.2) is 18.2 Å². The summed E-state index contributed by atoms with van der Waals surface area (Å²) >= 11 is 0. The molecule has 3 rings (SSSR count). The van der Waals surface area contributed by atoms with Gasteiger partial charge in [0.05, 0.1) is 0 Å². The third kappa shape index (κ3) is 2.85. The highest BCUT2D eigenvalue weighted by molar-refractivity contribution is 5.59. The number of hydrogen-bond donors (Lipinski definition) is 2. The van der Waals surface area contributed by atoms with E-state index in [1.807, 2.05) is 0 Å². The van der Waals surface area contributed by atoms with Gasteiger partial charge in [0, 0.05) is 25.3 Å². The van der Waals surface area contributed by atoms with Crippen LogP contribution in [0.25, 0.3) is 0 Å². The van der Waals surface area contributed by atoms with E-state index in [2.05, 4.69) is 35.8 Å². The molecule has 1 heterocycles. The first kappa shape index (κ1) is 13.9. The summed E-state index contributed by atoms with van der Waals surface area (Å²) < 4.78 is 0. The van der Waals surface area contributed by atoms with Crippen molar-refractivity contribution in [3.8, 4) is 0 Å². The van der Waals surface area contributed by atoms with Crippen molar-refractivity contribution in [3.63, 3.8) is 0 Å². The summed E-state index contributed by atoms with van der Waals surface area (Å²) in [5.41, 5.74) is 4.94. The van der Waals surface area contributed by atoms with Gasteiger partial charge in [-0.15, -0.1) is 0 Å². The second-order valence-corrected chi connectivity index (χ2v) is 6.65. The molecule has 2 nitrogen and oxygen atoms in total. The van der Waals surface area contributed by atoms with Crippen LogP contribution < -0.4 is 10.6 Å². The van der Waals surface area contributed by atoms with Gasteiger partial charge in [0.25, 0.3) is 0 Å². The van der Waals surface area contributed by atoms with Crippen LogP contribution in [0.1, 0.15) is 56.6 Å². The Bertz CT molecular complexity index is 447. The third-order valence-corrected chi connectivity index (χ3v) is 5.39. The largest absolute Gasteiger partial charge is 0.385 e. The summed E-state index contributed by atoms with van der Waals surface area (Å²) in [6, 6.07) is 6.76. The van der Waals surface area contributed by atoms with Gasteiger partial charge in [0.15, 0.2) is 0 Å². The summed E-state index contributed by atoms with van der Waals surface area (Å²) in [4.78, 5) is 0. The second kappa shape index (κ2) is 6.17. The van der Waals surface area contributed by atoms with Crippen LogP contribution in [0.2, 0.25) is 0 Å². The highest BCUT2D eigenvalue weighted by Crippen LogP contribution is 2.40. The van der Waals surface area contributed by atoms with Gasteiger partial charge in [0.1, 0.15) is 0 Å². The number of fused-ring (bicyclic) bond motifs is 1. The van der Waals surface area contributed by atoms with Crippen molar-refractivity contribution in [1.29, 1.82) is 0 Å². The highest BCUT2D eigenvalue weighted by Gasteiger charge is 2.31. The molecule has 1 aliphatic heterocycles. The lowest BCUT2D eigenvalue weighted by molar-refractivity contribution is 0.268. The van der Waals surface area contributed by atoms with Crippen molar-refractivity contribution in [2.75, 3.05) is 18.4 Å². The standard InChI is InChI=1S/C18H28N2/c1-2-18(10-3-4-11-18)14-19-13-16-8-5-7-15-9-6-12-20-17(15)16/h5,7-8,19-20H,2-4,6,9-14H2,1H3. The summed E-state index contributed by atoms with van der Waals surface area (Å²) in [5, 5.41) is 7.34. The molecular formula is C18H28N2. The van der Waals surface area contributed by atoms with Crippen LogP contribution in [-0.2, 0) is 13.0 Å². The Morgan fingerprint density at radius 1 is 1.20 bits per heavy atom. The quantitative estimate of drug-likeness (QED) is 0.843. The molecule has 2 heteroatoms. The van der Waals surface area contributed by atoms with Crippen LogP contribution in [0, 0.1) is 5.41 Å². The average Bonchev–Trinajstić information content (AvgIpc) is 2.97. The number of nitrogens with one attached hydrogen (secondary N) is 2. The molecule has 1 aliphatic carbocycles. The Kier molecular flexibility index (Phi) is 4.30. The number of aryl methyl sites for hydroxylation is 1. The van der Waals surface area contributed by atoms with E-state index in [0.717, 1.165) is 13.1 Å². The summed E-state index contributed by atoms with van der Waals surface area (Å²) in [7, 11) is 0. The molecule has 20 heavy (non-hydrogen) atoms. The minimum Gasteiger partial charge on any atom is -0.385 e. The molecule has 1 fully saturated rings. The van der Waals surface area contributed by atoms with Crippen LogP contribution >= 0.6 is 0 Å². The molecule has 0 unspecified atom stereocenters. The number of para-hydroxylation sites is 1. The van der Waals surface area contributed by atoms with Gasteiger partial charge in [-0.3, -0.25) is 0 Å². The van der Waals surface area contributed by atoms with Crippen molar-refractivity contribution in [1.82, 2.24) is 5.32 Å². The van der Waals surface area contributed by atoms with Gasteiger partial charge in [-0.1, -0.05) is 38.0 Å². The zero-order chi connectivity index (χ0) is 13.8. The van der Waals surface area contributed by atoms with Crippen LogP contribution in [0.3, 0.4) is 0 Å². The Morgan fingerprint density at radius 3 is 2.85 bits per heavy atom. The predicted molar refractivity (Wildman–Crippen MR) is 86.2 cm³/mol. The molecule has 1 saturated carbocycles. The lowest BCUT2D eigenvalue weighted by Crippen LogP contribution is -2.31. The lowest BCUT2D eigenvalue weighted by atomic mass is 9.83. The normalized spacial score (nSPS) is 20.4. The molecule has 0 amide bonds. The van der Waals surface area contributed by atoms with Gasteiger partial charge in [-0.2, -0.15) is 0 Å². The molecule has 1 aromatic rings. The SMILES string of the molecule is CCC1(CNCc2cccc3c2NCCC3)CCCC1. The first-order chi connectivity index (χ1) is 9.83. The fraction of sp³-hybridized carbons (Fsp3) is 0.667. The van der Waals surface area contributed by atoms with Crippen molar-refractivity contribution in [3.05, 3.63) is 29.3 Å². The van der Waals surface area contributed by atoms with Crippen molar-refractivity contribution in [2.24, 2.45) is 5.41 Å². The van der Waals surface area contributed by atoms with Gasteiger partial charge >= 0.3 is 0 Å². The molecule has 0 spiro atoms. The summed E-state index contributed by atoms with van der Waals surface area (Å²) in [5.74, 6) is 0. The molecule has 0 aromatic heterocycles. The maximum atomic E-state index is 3.75. The number of hydrogen-bond acceptors (Lipinski definition) is 2. The van der Waals surface area contributed by atoms with Crippen molar-refractivity contribution in [2.45, 2.75) is 58.4 Å². The van der Waals surface area contributed by atoms with E-state index >= 15 is 0 Å². The minimum atomic E-state index is 0.586. The maximum absolute atomic E-state index is 3.75. The molecule has 0 saturated heterocycles. The molecule has 2 N–H and O–H groups in total. The summed E-state index contributed by atoms with van der Waals surface area (Å²) in [6.45, 7) is 5.69. The zero-order valence-electron chi connectivity index (χ0n) is 12.8. The molecule has 0 radical (unpaired) electrons. The van der Waals surface area contributed by atoms with E-state index in [1.165, 1.54) is 68.3 Å². The number of rotatable bonds is 5. The molecule has 2 aliphatic rings. The Balaban J connectivity index is 1.61. The van der Waals surface area contributed by atoms with E-state index < -0.39 is 0 Å². The fourth-order valence-corrected chi connectivity index (χ4v) is 3.97. The smallest absolute Gasteiger partial charge is 0.0418 e. The van der Waals surface area contributed by atoms with Gasteiger partial charge in [-0.05, 0) is 48.6 Å². The second-order valence-electron chi connectivity index (χ2n) is 6.65. The Hall–Kier alpha value is -1.02. The molecular weight excluding hydrogens is 244 g/mol.